The Morgan fingerprint density at radius 1 is 1.19 bits per heavy atom. The van der Waals surface area contributed by atoms with Gasteiger partial charge in [-0.05, 0) is 18.2 Å². The summed E-state index contributed by atoms with van der Waals surface area (Å²) in [5.74, 6) is 1.31. The Morgan fingerprint density at radius 3 is 2.76 bits per heavy atom. The predicted octanol–water partition coefficient (Wildman–Crippen LogP) is 2.76. The lowest BCUT2D eigenvalue weighted by Crippen LogP contribution is -2.27. The summed E-state index contributed by atoms with van der Waals surface area (Å²) < 4.78 is 0. The Morgan fingerprint density at radius 2 is 2.05 bits per heavy atom. The second kappa shape index (κ2) is 6.63. The van der Waals surface area contributed by atoms with Crippen LogP contribution in [-0.2, 0) is 6.42 Å². The quantitative estimate of drug-likeness (QED) is 0.911. The van der Waals surface area contributed by atoms with Crippen LogP contribution in [0.5, 0.6) is 5.75 Å². The molecule has 5 heteroatoms. The third-order valence-corrected chi connectivity index (χ3v) is 4.24. The van der Waals surface area contributed by atoms with Gasteiger partial charge >= 0.3 is 0 Å². The molecule has 0 spiro atoms. The highest BCUT2D eigenvalue weighted by atomic mass is 32.2. The van der Waals surface area contributed by atoms with E-state index in [4.69, 9.17) is 0 Å². The van der Waals surface area contributed by atoms with Gasteiger partial charge in [0.15, 0.2) is 5.17 Å². The first-order valence-corrected chi connectivity index (χ1v) is 7.93. The number of aromatic hydroxyl groups is 1. The molecule has 1 aromatic heterocycles. The Balaban J connectivity index is 1.85. The highest BCUT2D eigenvalue weighted by Crippen LogP contribution is 2.27. The maximum Gasteiger partial charge on any atom is 0.157 e. The fourth-order valence-electron chi connectivity index (χ4n) is 2.32. The van der Waals surface area contributed by atoms with E-state index in [0.29, 0.717) is 12.2 Å². The Bertz CT molecular complexity index is 630. The van der Waals surface area contributed by atoms with Crippen molar-refractivity contribution in [2.24, 2.45) is 4.99 Å². The number of nitrogens with one attached hydrogen (secondary N) is 1. The summed E-state index contributed by atoms with van der Waals surface area (Å²) >= 11 is 1.72. The monoisotopic (exact) mass is 299 g/mol. The van der Waals surface area contributed by atoms with Crippen LogP contribution in [0, 0.1) is 0 Å². The summed E-state index contributed by atoms with van der Waals surface area (Å²) in [7, 11) is 0. The van der Waals surface area contributed by atoms with Crippen LogP contribution in [0.25, 0.3) is 0 Å². The van der Waals surface area contributed by atoms with Crippen molar-refractivity contribution in [1.29, 1.82) is 0 Å². The average molecular weight is 299 g/mol. The number of pyridine rings is 1. The van der Waals surface area contributed by atoms with E-state index in [1.54, 1.807) is 24.0 Å². The van der Waals surface area contributed by atoms with Crippen molar-refractivity contribution in [3.8, 4) is 5.75 Å². The lowest BCUT2D eigenvalue weighted by atomic mass is 10.0. The molecule has 0 bridgehead atoms. The fraction of sp³-hybridized carbons (Fsp3) is 0.250. The smallest absolute Gasteiger partial charge is 0.157 e. The number of aliphatic imine (C=N–C) groups is 1. The molecule has 1 aliphatic rings. The minimum atomic E-state index is -0.0366. The number of thioether (sulfide) groups is 1. The van der Waals surface area contributed by atoms with E-state index >= 15 is 0 Å². The summed E-state index contributed by atoms with van der Waals surface area (Å²) in [6, 6.07) is 13.3. The largest absolute Gasteiger partial charge is 0.508 e. The zero-order valence-corrected chi connectivity index (χ0v) is 12.4. The molecule has 0 amide bonds. The molecule has 1 atom stereocenters. The molecule has 2 aromatic rings. The van der Waals surface area contributed by atoms with E-state index in [2.05, 4.69) is 15.3 Å². The molecule has 2 N–H and O–H groups in total. The van der Waals surface area contributed by atoms with Crippen LogP contribution in [-0.4, -0.2) is 27.6 Å². The molecule has 1 unspecified atom stereocenters. The van der Waals surface area contributed by atoms with Crippen LogP contribution < -0.4 is 5.32 Å². The third-order valence-electron chi connectivity index (χ3n) is 3.33. The standard InChI is InChI=1S/C16H17N3OS/c20-15-7-2-1-6-13(15)14(19-16-18-9-10-21-16)11-12-5-3-4-8-17-12/h1-8,14,20H,9-11H2,(H,18,19). The van der Waals surface area contributed by atoms with Gasteiger partial charge in [-0.25, -0.2) is 0 Å². The van der Waals surface area contributed by atoms with E-state index in [1.807, 2.05) is 36.4 Å². The number of hydrogen-bond donors (Lipinski definition) is 2. The van der Waals surface area contributed by atoms with Crippen molar-refractivity contribution < 1.29 is 5.11 Å². The highest BCUT2D eigenvalue weighted by Gasteiger charge is 2.19. The molecule has 0 aliphatic carbocycles. The molecule has 3 rings (SSSR count). The number of nitrogens with zero attached hydrogens (tertiary/aromatic N) is 2. The number of phenolic OH excluding ortho intramolecular Hbond substituents is 1. The first kappa shape index (κ1) is 13.9. The molecule has 0 saturated carbocycles. The third kappa shape index (κ3) is 3.55. The van der Waals surface area contributed by atoms with Crippen molar-refractivity contribution in [1.82, 2.24) is 10.3 Å². The summed E-state index contributed by atoms with van der Waals surface area (Å²) in [4.78, 5) is 8.82. The number of hydrogen-bond acceptors (Lipinski definition) is 5. The SMILES string of the molecule is Oc1ccccc1C(Cc1ccccn1)NC1=NCCS1. The van der Waals surface area contributed by atoms with Gasteiger partial charge in [0.25, 0.3) is 0 Å². The van der Waals surface area contributed by atoms with Gasteiger partial charge in [0, 0.05) is 29.6 Å². The van der Waals surface area contributed by atoms with Crippen LogP contribution in [0.4, 0.5) is 0 Å². The fourth-order valence-corrected chi connectivity index (χ4v) is 3.10. The van der Waals surface area contributed by atoms with Gasteiger partial charge in [-0.15, -0.1) is 0 Å². The van der Waals surface area contributed by atoms with Crippen molar-refractivity contribution in [2.75, 3.05) is 12.3 Å². The van der Waals surface area contributed by atoms with E-state index in [-0.39, 0.29) is 6.04 Å². The van der Waals surface area contributed by atoms with Gasteiger partial charge in [-0.3, -0.25) is 9.98 Å². The van der Waals surface area contributed by atoms with Crippen molar-refractivity contribution in [2.45, 2.75) is 12.5 Å². The molecule has 1 aliphatic heterocycles. The minimum absolute atomic E-state index is 0.0366. The molecule has 1 aromatic carbocycles. The highest BCUT2D eigenvalue weighted by molar-refractivity contribution is 8.14. The maximum atomic E-state index is 10.1. The lowest BCUT2D eigenvalue weighted by Gasteiger charge is -2.20. The predicted molar refractivity (Wildman–Crippen MR) is 86.7 cm³/mol. The lowest BCUT2D eigenvalue weighted by molar-refractivity contribution is 0.456. The number of benzene rings is 1. The van der Waals surface area contributed by atoms with Crippen LogP contribution in [0.15, 0.2) is 53.7 Å². The number of amidine groups is 1. The summed E-state index contributed by atoms with van der Waals surface area (Å²) in [6.45, 7) is 0.851. The van der Waals surface area contributed by atoms with Gasteiger partial charge < -0.3 is 10.4 Å². The second-order valence-electron chi connectivity index (χ2n) is 4.82. The molecule has 21 heavy (non-hydrogen) atoms. The topological polar surface area (TPSA) is 57.5 Å². The minimum Gasteiger partial charge on any atom is -0.508 e. The van der Waals surface area contributed by atoms with Crippen molar-refractivity contribution in [3.63, 3.8) is 0 Å². The van der Waals surface area contributed by atoms with Crippen LogP contribution in [0.1, 0.15) is 17.3 Å². The van der Waals surface area contributed by atoms with Gasteiger partial charge in [-0.2, -0.15) is 0 Å². The van der Waals surface area contributed by atoms with Gasteiger partial charge in [0.05, 0.1) is 12.6 Å². The van der Waals surface area contributed by atoms with Gasteiger partial charge in [0.1, 0.15) is 5.75 Å². The number of rotatable bonds is 4. The molecule has 4 nitrogen and oxygen atoms in total. The van der Waals surface area contributed by atoms with Crippen LogP contribution >= 0.6 is 11.8 Å². The first-order valence-electron chi connectivity index (χ1n) is 6.94. The molecule has 0 radical (unpaired) electrons. The van der Waals surface area contributed by atoms with Crippen LogP contribution in [0.3, 0.4) is 0 Å². The summed E-state index contributed by atoms with van der Waals surface area (Å²) in [5.41, 5.74) is 1.86. The number of aromatic nitrogens is 1. The van der Waals surface area contributed by atoms with Crippen molar-refractivity contribution in [3.05, 3.63) is 59.9 Å². The Kier molecular flexibility index (Phi) is 4.40. The van der Waals surface area contributed by atoms with E-state index in [1.165, 1.54) is 0 Å². The number of para-hydroxylation sites is 1. The molecule has 108 valence electrons. The second-order valence-corrected chi connectivity index (χ2v) is 5.90. The Labute approximate surface area is 128 Å². The Hall–Kier alpha value is -2.01. The average Bonchev–Trinajstić information content (AvgIpc) is 3.01. The first-order chi connectivity index (χ1) is 10.3. The van der Waals surface area contributed by atoms with Gasteiger partial charge in [0.2, 0.25) is 0 Å². The molecule has 0 fully saturated rings. The zero-order chi connectivity index (χ0) is 14.5. The van der Waals surface area contributed by atoms with E-state index in [0.717, 1.165) is 28.7 Å². The van der Waals surface area contributed by atoms with E-state index < -0.39 is 0 Å². The summed E-state index contributed by atoms with van der Waals surface area (Å²) in [6.07, 6.45) is 2.50. The molecule has 2 heterocycles. The molecular formula is C16H17N3OS. The molecular weight excluding hydrogens is 282 g/mol. The maximum absolute atomic E-state index is 10.1. The zero-order valence-electron chi connectivity index (χ0n) is 11.6. The van der Waals surface area contributed by atoms with Gasteiger partial charge in [-0.1, -0.05) is 36.0 Å². The normalized spacial score (nSPS) is 15.5. The summed E-state index contributed by atoms with van der Waals surface area (Å²) in [5, 5.41) is 14.5. The van der Waals surface area contributed by atoms with Crippen molar-refractivity contribution >= 4 is 16.9 Å². The van der Waals surface area contributed by atoms with E-state index in [9.17, 15) is 5.11 Å². The number of phenols is 1. The van der Waals surface area contributed by atoms with Crippen LogP contribution in [0.2, 0.25) is 0 Å². The molecule has 0 saturated heterocycles.